The molecule has 0 radical (unpaired) electrons. The first-order valence-corrected chi connectivity index (χ1v) is 8.64. The molecule has 0 aliphatic heterocycles. The van der Waals surface area contributed by atoms with Crippen LogP contribution in [-0.4, -0.2) is 20.6 Å². The summed E-state index contributed by atoms with van der Waals surface area (Å²) >= 11 is 2.43. The van der Waals surface area contributed by atoms with Crippen LogP contribution >= 0.6 is 15.9 Å². The van der Waals surface area contributed by atoms with Crippen LogP contribution in [0.1, 0.15) is 5.56 Å². The molecule has 2 aromatic carbocycles. The molecule has 0 spiro atoms. The number of halogens is 5. The Morgan fingerprint density at radius 1 is 1.08 bits per heavy atom. The summed E-state index contributed by atoms with van der Waals surface area (Å²) in [6.45, 7) is 0. The van der Waals surface area contributed by atoms with Crippen molar-refractivity contribution < 1.29 is 35.8 Å². The Morgan fingerprint density at radius 2 is 1.67 bits per heavy atom. The van der Waals surface area contributed by atoms with Crippen LogP contribution in [0.25, 0.3) is 0 Å². The maximum atomic E-state index is 13.8. The smallest absolute Gasteiger partial charge is 0.198 e. The molecule has 0 aliphatic rings. The number of hydrogen-bond donors (Lipinski definition) is 1. The first-order valence-electron chi connectivity index (χ1n) is 6.20. The van der Waals surface area contributed by atoms with Gasteiger partial charge in [-0.1, -0.05) is 6.07 Å². The molecule has 0 aliphatic carbocycles. The maximum absolute atomic E-state index is 13.8. The highest BCUT2D eigenvalue weighted by molar-refractivity contribution is 9.10. The van der Waals surface area contributed by atoms with E-state index in [2.05, 4.69) is 15.9 Å². The standard InChI is InChI=1S/C14H9BrF4O4S/c1-23-8-3-2-6(4-7(8)20)5-24(21,22)14-9(15)10(16)11(17)12(18)13(14)19/h2-4,20H,5H2,1H3. The summed E-state index contributed by atoms with van der Waals surface area (Å²) in [4.78, 5) is -1.34. The van der Waals surface area contributed by atoms with E-state index in [0.29, 0.717) is 0 Å². The van der Waals surface area contributed by atoms with Crippen LogP contribution in [0.15, 0.2) is 27.6 Å². The van der Waals surface area contributed by atoms with Gasteiger partial charge < -0.3 is 9.84 Å². The molecule has 10 heteroatoms. The van der Waals surface area contributed by atoms with Crippen LogP contribution in [0.3, 0.4) is 0 Å². The number of sulfone groups is 1. The average Bonchev–Trinajstić information content (AvgIpc) is 2.50. The minimum Gasteiger partial charge on any atom is -0.504 e. The fourth-order valence-corrected chi connectivity index (χ4v) is 4.55. The first kappa shape index (κ1) is 18.5. The van der Waals surface area contributed by atoms with Crippen LogP contribution in [0.2, 0.25) is 0 Å². The molecule has 2 aromatic rings. The van der Waals surface area contributed by atoms with Crippen LogP contribution in [-0.2, 0) is 15.6 Å². The fourth-order valence-electron chi connectivity index (χ4n) is 1.97. The Bertz CT molecular complexity index is 886. The second kappa shape index (κ2) is 6.60. The topological polar surface area (TPSA) is 63.6 Å². The van der Waals surface area contributed by atoms with E-state index >= 15 is 0 Å². The van der Waals surface area contributed by atoms with Crippen molar-refractivity contribution >= 4 is 25.8 Å². The molecule has 0 saturated carbocycles. The molecule has 0 heterocycles. The van der Waals surface area contributed by atoms with Gasteiger partial charge in [0.1, 0.15) is 4.90 Å². The molecule has 1 N–H and O–H groups in total. The van der Waals surface area contributed by atoms with Gasteiger partial charge in [0.25, 0.3) is 0 Å². The lowest BCUT2D eigenvalue weighted by atomic mass is 10.2. The predicted octanol–water partition coefficient (Wildman–Crippen LogP) is 3.69. The number of phenols is 1. The van der Waals surface area contributed by atoms with Gasteiger partial charge in [0.2, 0.25) is 0 Å². The van der Waals surface area contributed by atoms with Gasteiger partial charge in [-0.3, -0.25) is 0 Å². The quantitative estimate of drug-likeness (QED) is 0.349. The van der Waals surface area contributed by atoms with E-state index in [0.717, 1.165) is 6.07 Å². The molecule has 0 amide bonds. The van der Waals surface area contributed by atoms with Crippen molar-refractivity contribution in [2.24, 2.45) is 0 Å². The zero-order valence-electron chi connectivity index (χ0n) is 11.9. The van der Waals surface area contributed by atoms with Crippen molar-refractivity contribution in [3.8, 4) is 11.5 Å². The Balaban J connectivity index is 2.55. The molecule has 0 unspecified atom stereocenters. The molecular formula is C14H9BrF4O4S. The number of benzene rings is 2. The zero-order chi connectivity index (χ0) is 18.2. The number of rotatable bonds is 4. The van der Waals surface area contributed by atoms with E-state index in [1.54, 1.807) is 0 Å². The van der Waals surface area contributed by atoms with Gasteiger partial charge in [-0.25, -0.2) is 26.0 Å². The third-order valence-corrected chi connectivity index (χ3v) is 5.81. The SMILES string of the molecule is COc1ccc(CS(=O)(=O)c2c(F)c(F)c(F)c(F)c2Br)cc1O. The molecule has 2 rings (SSSR count). The van der Waals surface area contributed by atoms with E-state index in [1.165, 1.54) is 19.2 Å². The van der Waals surface area contributed by atoms with Crippen LogP contribution in [0.4, 0.5) is 17.6 Å². The summed E-state index contributed by atoms with van der Waals surface area (Å²) in [5.41, 5.74) is 0.00439. The van der Waals surface area contributed by atoms with Crippen molar-refractivity contribution in [2.45, 2.75) is 10.6 Å². The van der Waals surface area contributed by atoms with Crippen LogP contribution in [0, 0.1) is 23.3 Å². The molecule has 0 fully saturated rings. The predicted molar refractivity (Wildman–Crippen MR) is 79.5 cm³/mol. The summed E-state index contributed by atoms with van der Waals surface area (Å²) in [5.74, 6) is -9.43. The second-order valence-electron chi connectivity index (χ2n) is 4.66. The third kappa shape index (κ3) is 3.20. The van der Waals surface area contributed by atoms with Crippen molar-refractivity contribution in [1.29, 1.82) is 0 Å². The normalized spacial score (nSPS) is 11.6. The molecular weight excluding hydrogens is 420 g/mol. The zero-order valence-corrected chi connectivity index (χ0v) is 14.3. The van der Waals surface area contributed by atoms with Crippen LogP contribution < -0.4 is 4.74 Å². The summed E-state index contributed by atoms with van der Waals surface area (Å²) in [5, 5.41) is 9.62. The molecule has 0 saturated heterocycles. The van der Waals surface area contributed by atoms with Crippen molar-refractivity contribution in [3.05, 3.63) is 51.5 Å². The van der Waals surface area contributed by atoms with E-state index in [9.17, 15) is 31.1 Å². The van der Waals surface area contributed by atoms with Gasteiger partial charge in [0.05, 0.1) is 17.3 Å². The number of phenolic OH excluding ortho intramolecular Hbond substituents is 1. The molecule has 4 nitrogen and oxygen atoms in total. The van der Waals surface area contributed by atoms with E-state index in [4.69, 9.17) is 4.74 Å². The highest BCUT2D eigenvalue weighted by atomic mass is 79.9. The highest BCUT2D eigenvalue weighted by Crippen LogP contribution is 2.34. The molecule has 130 valence electrons. The first-order chi connectivity index (χ1) is 11.1. The van der Waals surface area contributed by atoms with E-state index in [1.807, 2.05) is 0 Å². The molecule has 24 heavy (non-hydrogen) atoms. The minimum absolute atomic E-state index is 0.00439. The summed E-state index contributed by atoms with van der Waals surface area (Å²) in [6, 6.07) is 3.56. The molecule has 0 atom stereocenters. The lowest BCUT2D eigenvalue weighted by molar-refractivity contribution is 0.373. The van der Waals surface area contributed by atoms with Gasteiger partial charge in [-0.15, -0.1) is 0 Å². The number of aromatic hydroxyl groups is 1. The van der Waals surface area contributed by atoms with Gasteiger partial charge in [-0.05, 0) is 33.6 Å². The fraction of sp³-hybridized carbons (Fsp3) is 0.143. The lowest BCUT2D eigenvalue weighted by Crippen LogP contribution is -2.12. The van der Waals surface area contributed by atoms with Gasteiger partial charge >= 0.3 is 0 Å². The summed E-state index contributed by atoms with van der Waals surface area (Å²) in [6.07, 6.45) is 0. The highest BCUT2D eigenvalue weighted by Gasteiger charge is 2.32. The van der Waals surface area contributed by atoms with Crippen molar-refractivity contribution in [3.63, 3.8) is 0 Å². The van der Waals surface area contributed by atoms with E-state index < -0.39 is 48.2 Å². The third-order valence-electron chi connectivity index (χ3n) is 3.08. The lowest BCUT2D eigenvalue weighted by Gasteiger charge is -2.11. The minimum atomic E-state index is -4.59. The largest absolute Gasteiger partial charge is 0.504 e. The Kier molecular flexibility index (Phi) is 5.09. The number of hydrogen-bond acceptors (Lipinski definition) is 4. The molecule has 0 aromatic heterocycles. The van der Waals surface area contributed by atoms with Gasteiger partial charge in [0.15, 0.2) is 44.6 Å². The van der Waals surface area contributed by atoms with Crippen molar-refractivity contribution in [2.75, 3.05) is 7.11 Å². The average molecular weight is 429 g/mol. The Morgan fingerprint density at radius 3 is 2.21 bits per heavy atom. The monoisotopic (exact) mass is 428 g/mol. The Labute approximate surface area is 142 Å². The Hall–Kier alpha value is -1.81. The van der Waals surface area contributed by atoms with Crippen LogP contribution in [0.5, 0.6) is 11.5 Å². The second-order valence-corrected chi connectivity index (χ2v) is 7.38. The maximum Gasteiger partial charge on any atom is 0.198 e. The van der Waals surface area contributed by atoms with Gasteiger partial charge in [0, 0.05) is 0 Å². The summed E-state index contributed by atoms with van der Waals surface area (Å²) in [7, 11) is -3.31. The number of methoxy groups -OCH3 is 1. The van der Waals surface area contributed by atoms with Crippen molar-refractivity contribution in [1.82, 2.24) is 0 Å². The van der Waals surface area contributed by atoms with Gasteiger partial charge in [-0.2, -0.15) is 0 Å². The van der Waals surface area contributed by atoms with E-state index in [-0.39, 0.29) is 17.1 Å². The number of ether oxygens (including phenoxy) is 1. The molecule has 0 bridgehead atoms. The summed E-state index contributed by atoms with van der Waals surface area (Å²) < 4.78 is 82.1.